The number of nitrogens with one attached hydrogen (secondary N) is 3. The van der Waals surface area contributed by atoms with Crippen LogP contribution in [0.15, 0.2) is 95.6 Å². The van der Waals surface area contributed by atoms with E-state index in [1.807, 2.05) is 0 Å². The number of amides is 1. The Balaban J connectivity index is 0.000000251. The number of sulfonamides is 2. The maximum absolute atomic E-state index is 12.7. The number of rotatable bonds is 11. The van der Waals surface area contributed by atoms with Crippen molar-refractivity contribution in [3.63, 3.8) is 0 Å². The van der Waals surface area contributed by atoms with Gasteiger partial charge in [0.1, 0.15) is 29.3 Å². The summed E-state index contributed by atoms with van der Waals surface area (Å²) in [5.41, 5.74) is -1.96. The van der Waals surface area contributed by atoms with Crippen LogP contribution in [0.1, 0.15) is 26.4 Å². The fourth-order valence-electron chi connectivity index (χ4n) is 4.02. The molecule has 0 atom stereocenters. The van der Waals surface area contributed by atoms with Crippen molar-refractivity contribution in [3.05, 3.63) is 118 Å². The summed E-state index contributed by atoms with van der Waals surface area (Å²) in [6.45, 7) is 0. The molecule has 53 heavy (non-hydrogen) atoms. The van der Waals surface area contributed by atoms with Crippen molar-refractivity contribution in [1.29, 1.82) is 0 Å². The standard InChI is InChI=1S/C18H13ClF3N3O5S.C14H12ClNO5S/c1-31(27,28)25-14-7-6-12(30-11-4-2-10(19)3-5-11)8-13(14)16(26)24-17-23-15(9-29-17)18(20,21)22;1-22(19,20)16-13-7-6-11(8-12(13)14(17)18)21-10-4-2-9(15)3-5-10/h2-9,25H,1H3,(H,23,24,26);2-8,16H,1H3,(H,17,18). The SMILES string of the molecule is CS(=O)(=O)Nc1ccc(Oc2ccc(Cl)cc2)cc1C(=O)Nc1nc(C(F)(F)F)co1.CS(=O)(=O)Nc1ccc(Oc2ccc(Cl)cc2)cc1C(=O)O. The minimum Gasteiger partial charge on any atom is -0.478 e. The van der Waals surface area contributed by atoms with E-state index in [0.717, 1.165) is 12.5 Å². The number of ether oxygens (including phenoxy) is 2. The molecular formula is C32H25Cl2F3N4O10S2. The highest BCUT2D eigenvalue weighted by atomic mass is 35.5. The number of hydrogen-bond donors (Lipinski definition) is 4. The predicted molar refractivity (Wildman–Crippen MR) is 189 cm³/mol. The van der Waals surface area contributed by atoms with Crippen molar-refractivity contribution in [1.82, 2.24) is 4.98 Å². The molecule has 0 saturated heterocycles. The Morgan fingerprint density at radius 1 is 0.717 bits per heavy atom. The second-order valence-electron chi connectivity index (χ2n) is 10.6. The molecule has 280 valence electrons. The molecule has 1 amide bonds. The molecule has 0 aliphatic heterocycles. The summed E-state index contributed by atoms with van der Waals surface area (Å²) in [6.07, 6.45) is -2.61. The molecule has 4 N–H and O–H groups in total. The lowest BCUT2D eigenvalue weighted by atomic mass is 10.1. The molecule has 0 aliphatic carbocycles. The number of hydrogen-bond acceptors (Lipinski definition) is 10. The van der Waals surface area contributed by atoms with E-state index in [0.29, 0.717) is 27.8 Å². The number of oxazole rings is 1. The number of aromatic carboxylic acids is 1. The molecule has 0 saturated carbocycles. The number of carbonyl (C=O) groups is 2. The van der Waals surface area contributed by atoms with E-state index < -0.39 is 49.8 Å². The maximum atomic E-state index is 12.7. The van der Waals surface area contributed by atoms with Gasteiger partial charge in [-0.25, -0.2) is 21.6 Å². The molecule has 5 aromatic rings. The highest BCUT2D eigenvalue weighted by molar-refractivity contribution is 7.92. The van der Waals surface area contributed by atoms with Crippen LogP contribution >= 0.6 is 23.2 Å². The molecule has 0 unspecified atom stereocenters. The number of carboxylic acids is 1. The lowest BCUT2D eigenvalue weighted by Gasteiger charge is -2.13. The van der Waals surface area contributed by atoms with Crippen LogP contribution in [0.2, 0.25) is 10.0 Å². The summed E-state index contributed by atoms with van der Waals surface area (Å²) in [7, 11) is -7.35. The van der Waals surface area contributed by atoms with Gasteiger partial charge in [0, 0.05) is 10.0 Å². The summed E-state index contributed by atoms with van der Waals surface area (Å²) in [5, 5.41) is 12.3. The number of anilines is 3. The second kappa shape index (κ2) is 16.4. The van der Waals surface area contributed by atoms with Crippen LogP contribution in [0, 0.1) is 0 Å². The lowest BCUT2D eigenvalue weighted by molar-refractivity contribution is -0.141. The van der Waals surface area contributed by atoms with Crippen LogP contribution in [0.25, 0.3) is 0 Å². The van der Waals surface area contributed by atoms with Crippen molar-refractivity contribution in [2.45, 2.75) is 6.18 Å². The van der Waals surface area contributed by atoms with Crippen LogP contribution in [0.5, 0.6) is 23.0 Å². The molecular weight excluding hydrogens is 792 g/mol. The first-order valence-corrected chi connectivity index (χ1v) is 18.9. The summed E-state index contributed by atoms with van der Waals surface area (Å²) in [6, 6.07) is 20.0. The van der Waals surface area contributed by atoms with Crippen molar-refractivity contribution in [2.75, 3.05) is 27.3 Å². The van der Waals surface area contributed by atoms with E-state index in [4.69, 9.17) is 32.7 Å². The number of benzene rings is 4. The normalized spacial score (nSPS) is 11.5. The Bertz CT molecular complexity index is 2340. The van der Waals surface area contributed by atoms with E-state index in [2.05, 4.69) is 24.2 Å². The van der Waals surface area contributed by atoms with Crippen LogP contribution in [-0.4, -0.2) is 51.3 Å². The number of carboxylic acid groups (broad SMARTS) is 1. The molecule has 0 spiro atoms. The molecule has 5 rings (SSSR count). The fourth-order valence-corrected chi connectivity index (χ4v) is 5.43. The molecule has 4 aromatic carbocycles. The Morgan fingerprint density at radius 3 is 1.53 bits per heavy atom. The number of halogens is 5. The summed E-state index contributed by atoms with van der Waals surface area (Å²) in [4.78, 5) is 27.0. The maximum Gasteiger partial charge on any atom is 0.436 e. The molecule has 0 bridgehead atoms. The van der Waals surface area contributed by atoms with Crippen molar-refractivity contribution >= 4 is 72.5 Å². The second-order valence-corrected chi connectivity index (χ2v) is 14.9. The topological polar surface area (TPSA) is 203 Å². The molecule has 0 radical (unpaired) electrons. The van der Waals surface area contributed by atoms with Crippen molar-refractivity contribution in [2.24, 2.45) is 0 Å². The smallest absolute Gasteiger partial charge is 0.436 e. The van der Waals surface area contributed by atoms with Crippen molar-refractivity contribution in [3.8, 4) is 23.0 Å². The van der Waals surface area contributed by atoms with E-state index in [-0.39, 0.29) is 34.0 Å². The molecule has 14 nitrogen and oxygen atoms in total. The first kappa shape index (κ1) is 40.3. The average molecular weight is 818 g/mol. The van der Waals surface area contributed by atoms with Crippen LogP contribution in [0.3, 0.4) is 0 Å². The van der Waals surface area contributed by atoms with Gasteiger partial charge in [0.2, 0.25) is 20.0 Å². The van der Waals surface area contributed by atoms with E-state index >= 15 is 0 Å². The van der Waals surface area contributed by atoms with Gasteiger partial charge in [0.15, 0.2) is 5.69 Å². The first-order chi connectivity index (χ1) is 24.6. The van der Waals surface area contributed by atoms with Gasteiger partial charge >= 0.3 is 18.2 Å². The Kier molecular flexibility index (Phi) is 12.5. The van der Waals surface area contributed by atoms with Gasteiger partial charge < -0.3 is 19.0 Å². The quantitative estimate of drug-likeness (QED) is 0.101. The fraction of sp³-hybridized carbons (Fsp3) is 0.0938. The lowest BCUT2D eigenvalue weighted by Crippen LogP contribution is -2.18. The van der Waals surface area contributed by atoms with Gasteiger partial charge in [-0.1, -0.05) is 23.2 Å². The number of carbonyl (C=O) groups excluding carboxylic acids is 1. The average Bonchev–Trinajstić information content (AvgIpc) is 3.53. The van der Waals surface area contributed by atoms with Gasteiger partial charge in [-0.15, -0.1) is 0 Å². The van der Waals surface area contributed by atoms with E-state index in [1.54, 1.807) is 48.5 Å². The number of nitrogens with zero attached hydrogens (tertiary/aromatic N) is 1. The zero-order valence-corrected chi connectivity index (χ0v) is 30.1. The monoisotopic (exact) mass is 816 g/mol. The van der Waals surface area contributed by atoms with Gasteiger partial charge in [0.25, 0.3) is 5.91 Å². The predicted octanol–water partition coefficient (Wildman–Crippen LogP) is 7.96. The minimum absolute atomic E-state index is 0.0292. The molecule has 0 aliphatic rings. The third kappa shape index (κ3) is 12.6. The largest absolute Gasteiger partial charge is 0.478 e. The van der Waals surface area contributed by atoms with Gasteiger partial charge in [-0.2, -0.15) is 18.2 Å². The molecule has 1 aromatic heterocycles. The molecule has 21 heteroatoms. The number of alkyl halides is 3. The third-order valence-electron chi connectivity index (χ3n) is 6.16. The summed E-state index contributed by atoms with van der Waals surface area (Å²) in [5.74, 6) is -0.990. The van der Waals surface area contributed by atoms with Gasteiger partial charge in [0.05, 0.1) is 35.0 Å². The molecule has 1 heterocycles. The van der Waals surface area contributed by atoms with Crippen LogP contribution in [0.4, 0.5) is 30.6 Å². The Hall–Kier alpha value is -5.50. The van der Waals surface area contributed by atoms with Gasteiger partial charge in [-0.05, 0) is 84.9 Å². The first-order valence-electron chi connectivity index (χ1n) is 14.3. The van der Waals surface area contributed by atoms with Crippen LogP contribution < -0.4 is 24.2 Å². The van der Waals surface area contributed by atoms with Crippen LogP contribution in [-0.2, 0) is 26.2 Å². The zero-order chi connectivity index (χ0) is 39.1. The summed E-state index contributed by atoms with van der Waals surface area (Å²) < 4.78 is 104. The highest BCUT2D eigenvalue weighted by Crippen LogP contribution is 2.32. The Labute approximate surface area is 309 Å². The summed E-state index contributed by atoms with van der Waals surface area (Å²) >= 11 is 11.6. The van der Waals surface area contributed by atoms with E-state index in [9.17, 15) is 44.7 Å². The Morgan fingerprint density at radius 2 is 1.13 bits per heavy atom. The van der Waals surface area contributed by atoms with Gasteiger partial charge in [-0.3, -0.25) is 19.6 Å². The number of aromatic nitrogens is 1. The molecule has 0 fully saturated rings. The van der Waals surface area contributed by atoms with E-state index in [1.165, 1.54) is 36.4 Å². The van der Waals surface area contributed by atoms with Crippen molar-refractivity contribution < 1.29 is 58.6 Å². The zero-order valence-electron chi connectivity index (χ0n) is 26.9. The third-order valence-corrected chi connectivity index (χ3v) is 7.85. The highest BCUT2D eigenvalue weighted by Gasteiger charge is 2.35. The minimum atomic E-state index is -4.76.